The van der Waals surface area contributed by atoms with Crippen molar-refractivity contribution in [3.8, 4) is 44.5 Å². The number of hydrogen-bond acceptors (Lipinski definition) is 2. The first-order valence-electron chi connectivity index (χ1n) is 17.0. The minimum Gasteiger partial charge on any atom is -0.456 e. The molecular formula is C48H33NO. The van der Waals surface area contributed by atoms with Crippen molar-refractivity contribution in [3.63, 3.8) is 0 Å². The van der Waals surface area contributed by atoms with Crippen LogP contribution in [0.2, 0.25) is 0 Å². The summed E-state index contributed by atoms with van der Waals surface area (Å²) in [6, 6.07) is 71.1. The molecule has 0 saturated heterocycles. The standard InChI is InChI=1S/C48H33NO/c1-3-9-34(10-4-1)36-15-17-37(18-16-36)39-21-28-43(29-22-39)49(42-26-19-38(20-27-42)35-11-5-2-6-12-35)44-30-23-40(24-31-44)41-25-32-48-46(33-41)45-13-7-8-14-47(45)50-48/h1-33H. The summed E-state index contributed by atoms with van der Waals surface area (Å²) in [6.45, 7) is 0. The molecule has 0 aliphatic carbocycles. The summed E-state index contributed by atoms with van der Waals surface area (Å²) in [7, 11) is 0. The van der Waals surface area contributed by atoms with Gasteiger partial charge in [-0.2, -0.15) is 0 Å². The van der Waals surface area contributed by atoms with Crippen LogP contribution in [0.3, 0.4) is 0 Å². The molecule has 1 heterocycles. The van der Waals surface area contributed by atoms with Gasteiger partial charge in [-0.15, -0.1) is 0 Å². The van der Waals surface area contributed by atoms with Crippen LogP contribution in [0.5, 0.6) is 0 Å². The normalized spacial score (nSPS) is 11.2. The zero-order valence-corrected chi connectivity index (χ0v) is 27.4. The van der Waals surface area contributed by atoms with E-state index < -0.39 is 0 Å². The number of anilines is 3. The third-order valence-electron chi connectivity index (χ3n) is 9.52. The Labute approximate surface area is 292 Å². The predicted molar refractivity (Wildman–Crippen MR) is 210 cm³/mol. The van der Waals surface area contributed by atoms with Crippen molar-refractivity contribution in [3.05, 3.63) is 200 Å². The third kappa shape index (κ3) is 5.63. The molecule has 2 heteroatoms. The van der Waals surface area contributed by atoms with Gasteiger partial charge in [0.1, 0.15) is 11.2 Å². The molecule has 0 N–H and O–H groups in total. The fourth-order valence-electron chi connectivity index (χ4n) is 6.88. The van der Waals surface area contributed by atoms with E-state index in [0.29, 0.717) is 0 Å². The quantitative estimate of drug-likeness (QED) is 0.173. The molecule has 0 saturated carbocycles. The van der Waals surface area contributed by atoms with E-state index in [1.165, 1.54) is 33.4 Å². The van der Waals surface area contributed by atoms with Crippen molar-refractivity contribution < 1.29 is 4.42 Å². The summed E-state index contributed by atoms with van der Waals surface area (Å²) >= 11 is 0. The third-order valence-corrected chi connectivity index (χ3v) is 9.52. The van der Waals surface area contributed by atoms with Crippen molar-refractivity contribution in [1.29, 1.82) is 0 Å². The van der Waals surface area contributed by atoms with E-state index in [2.05, 4.69) is 193 Å². The fraction of sp³-hybridized carbons (Fsp3) is 0. The second-order valence-electron chi connectivity index (χ2n) is 12.6. The van der Waals surface area contributed by atoms with Gasteiger partial charge in [0.25, 0.3) is 0 Å². The van der Waals surface area contributed by atoms with Crippen LogP contribution >= 0.6 is 0 Å². The summed E-state index contributed by atoms with van der Waals surface area (Å²) in [5.41, 5.74) is 14.7. The summed E-state index contributed by atoms with van der Waals surface area (Å²) in [6.07, 6.45) is 0. The predicted octanol–water partition coefficient (Wildman–Crippen LogP) is 13.7. The zero-order chi connectivity index (χ0) is 33.3. The topological polar surface area (TPSA) is 16.4 Å². The fourth-order valence-corrected chi connectivity index (χ4v) is 6.88. The summed E-state index contributed by atoms with van der Waals surface area (Å²) in [4.78, 5) is 2.33. The van der Waals surface area contributed by atoms with Gasteiger partial charge in [0, 0.05) is 27.8 Å². The molecule has 0 radical (unpaired) electrons. The van der Waals surface area contributed by atoms with E-state index in [0.717, 1.165) is 50.1 Å². The van der Waals surface area contributed by atoms with Gasteiger partial charge < -0.3 is 9.32 Å². The molecule has 8 aromatic carbocycles. The first kappa shape index (κ1) is 29.5. The molecule has 0 amide bonds. The van der Waals surface area contributed by atoms with Gasteiger partial charge in [-0.25, -0.2) is 0 Å². The average Bonchev–Trinajstić information content (AvgIpc) is 3.58. The van der Waals surface area contributed by atoms with E-state index in [4.69, 9.17) is 4.42 Å². The van der Waals surface area contributed by atoms with Crippen LogP contribution in [0.1, 0.15) is 0 Å². The Morgan fingerprint density at radius 3 is 1.08 bits per heavy atom. The molecule has 0 spiro atoms. The number of hydrogen-bond donors (Lipinski definition) is 0. The molecule has 9 aromatic rings. The molecule has 1 aromatic heterocycles. The van der Waals surface area contributed by atoms with Gasteiger partial charge in [0.2, 0.25) is 0 Å². The van der Waals surface area contributed by atoms with Gasteiger partial charge >= 0.3 is 0 Å². The Balaban J connectivity index is 1.06. The van der Waals surface area contributed by atoms with Crippen molar-refractivity contribution in [1.82, 2.24) is 0 Å². The molecular weight excluding hydrogens is 607 g/mol. The van der Waals surface area contributed by atoms with Crippen LogP contribution in [0, 0.1) is 0 Å². The lowest BCUT2D eigenvalue weighted by Gasteiger charge is -2.26. The molecule has 0 aliphatic rings. The number of benzene rings is 8. The lowest BCUT2D eigenvalue weighted by molar-refractivity contribution is 0.669. The second kappa shape index (κ2) is 12.8. The SMILES string of the molecule is c1ccc(-c2ccc(-c3ccc(N(c4ccc(-c5ccccc5)cc4)c4ccc(-c5ccc6oc7ccccc7c6c5)cc4)cc3)cc2)cc1. The van der Waals surface area contributed by atoms with Crippen LogP contribution < -0.4 is 4.90 Å². The van der Waals surface area contributed by atoms with Crippen molar-refractivity contribution in [2.75, 3.05) is 4.90 Å². The van der Waals surface area contributed by atoms with Crippen molar-refractivity contribution in [2.24, 2.45) is 0 Å². The van der Waals surface area contributed by atoms with Crippen LogP contribution in [0.4, 0.5) is 17.1 Å². The highest BCUT2D eigenvalue weighted by molar-refractivity contribution is 6.06. The maximum atomic E-state index is 6.08. The number of para-hydroxylation sites is 1. The molecule has 0 fully saturated rings. The van der Waals surface area contributed by atoms with Crippen LogP contribution in [-0.2, 0) is 0 Å². The van der Waals surface area contributed by atoms with Gasteiger partial charge in [0.05, 0.1) is 0 Å². The largest absolute Gasteiger partial charge is 0.456 e. The summed E-state index contributed by atoms with van der Waals surface area (Å²) < 4.78 is 6.08. The minimum atomic E-state index is 0.910. The molecule has 0 bridgehead atoms. The van der Waals surface area contributed by atoms with Crippen LogP contribution in [0.15, 0.2) is 205 Å². The molecule has 9 rings (SSSR count). The molecule has 50 heavy (non-hydrogen) atoms. The van der Waals surface area contributed by atoms with E-state index in [9.17, 15) is 0 Å². The van der Waals surface area contributed by atoms with Crippen LogP contribution in [-0.4, -0.2) is 0 Å². The highest BCUT2D eigenvalue weighted by atomic mass is 16.3. The van der Waals surface area contributed by atoms with Crippen molar-refractivity contribution >= 4 is 39.0 Å². The molecule has 0 atom stereocenters. The van der Waals surface area contributed by atoms with Gasteiger partial charge in [0.15, 0.2) is 0 Å². The van der Waals surface area contributed by atoms with E-state index in [-0.39, 0.29) is 0 Å². The molecule has 0 aliphatic heterocycles. The maximum Gasteiger partial charge on any atom is 0.135 e. The smallest absolute Gasteiger partial charge is 0.135 e. The molecule has 0 unspecified atom stereocenters. The first-order chi connectivity index (χ1) is 24.8. The molecule has 236 valence electrons. The Bertz CT molecular complexity index is 2530. The lowest BCUT2D eigenvalue weighted by atomic mass is 10.00. The number of fused-ring (bicyclic) bond motifs is 3. The Kier molecular flexibility index (Phi) is 7.53. The van der Waals surface area contributed by atoms with E-state index >= 15 is 0 Å². The number of nitrogens with zero attached hydrogens (tertiary/aromatic N) is 1. The zero-order valence-electron chi connectivity index (χ0n) is 27.4. The van der Waals surface area contributed by atoms with Gasteiger partial charge in [-0.1, -0.05) is 146 Å². The summed E-state index contributed by atoms with van der Waals surface area (Å²) in [5, 5.41) is 2.28. The highest BCUT2D eigenvalue weighted by Gasteiger charge is 2.15. The maximum absolute atomic E-state index is 6.08. The van der Waals surface area contributed by atoms with E-state index in [1.807, 2.05) is 12.1 Å². The van der Waals surface area contributed by atoms with Gasteiger partial charge in [-0.3, -0.25) is 0 Å². The minimum absolute atomic E-state index is 0.910. The first-order valence-corrected chi connectivity index (χ1v) is 17.0. The number of rotatable bonds is 7. The van der Waals surface area contributed by atoms with E-state index in [1.54, 1.807) is 0 Å². The highest BCUT2D eigenvalue weighted by Crippen LogP contribution is 2.39. The van der Waals surface area contributed by atoms with Gasteiger partial charge in [-0.05, 0) is 99.1 Å². The molecule has 2 nitrogen and oxygen atoms in total. The van der Waals surface area contributed by atoms with Crippen molar-refractivity contribution in [2.45, 2.75) is 0 Å². The Hall–Kier alpha value is -6.64. The Morgan fingerprint density at radius 2 is 0.600 bits per heavy atom. The average molecular weight is 640 g/mol. The Morgan fingerprint density at radius 1 is 0.260 bits per heavy atom. The second-order valence-corrected chi connectivity index (χ2v) is 12.6. The monoisotopic (exact) mass is 639 g/mol. The summed E-state index contributed by atoms with van der Waals surface area (Å²) in [5.74, 6) is 0. The van der Waals surface area contributed by atoms with Crippen LogP contribution in [0.25, 0.3) is 66.4 Å². The number of furan rings is 1. The lowest BCUT2D eigenvalue weighted by Crippen LogP contribution is -2.09.